The predicted molar refractivity (Wildman–Crippen MR) is 74.3 cm³/mol. The Bertz CT molecular complexity index is 415. The molecular weight excluding hydrogens is 256 g/mol. The van der Waals surface area contributed by atoms with Crippen molar-refractivity contribution in [3.8, 4) is 0 Å². The van der Waals surface area contributed by atoms with E-state index >= 15 is 0 Å². The highest BCUT2D eigenvalue weighted by molar-refractivity contribution is 7.85. The Hall–Kier alpha value is -0.580. The lowest BCUT2D eigenvalue weighted by atomic mass is 10.1. The molecule has 94 valence electrons. The molecule has 0 radical (unpaired) electrons. The third-order valence-electron chi connectivity index (χ3n) is 2.93. The SMILES string of the molecule is CNCc1cc(Cl)ccc1N1CCS(=O)CC1. The van der Waals surface area contributed by atoms with Gasteiger partial charge in [-0.05, 0) is 30.8 Å². The molecule has 1 aromatic rings. The van der Waals surface area contributed by atoms with Crippen LogP contribution in [0.15, 0.2) is 18.2 Å². The molecule has 17 heavy (non-hydrogen) atoms. The summed E-state index contributed by atoms with van der Waals surface area (Å²) in [6, 6.07) is 5.98. The van der Waals surface area contributed by atoms with E-state index in [1.165, 1.54) is 11.3 Å². The maximum Gasteiger partial charge on any atom is 0.0413 e. The highest BCUT2D eigenvalue weighted by Crippen LogP contribution is 2.25. The maximum absolute atomic E-state index is 11.4. The summed E-state index contributed by atoms with van der Waals surface area (Å²) in [5.41, 5.74) is 2.41. The zero-order chi connectivity index (χ0) is 12.3. The topological polar surface area (TPSA) is 32.3 Å². The van der Waals surface area contributed by atoms with Gasteiger partial charge in [0.1, 0.15) is 0 Å². The van der Waals surface area contributed by atoms with E-state index in [1.54, 1.807) is 0 Å². The van der Waals surface area contributed by atoms with Crippen LogP contribution in [0.3, 0.4) is 0 Å². The van der Waals surface area contributed by atoms with E-state index in [-0.39, 0.29) is 0 Å². The Morgan fingerprint density at radius 1 is 1.41 bits per heavy atom. The van der Waals surface area contributed by atoms with E-state index in [2.05, 4.69) is 16.3 Å². The first-order valence-electron chi connectivity index (χ1n) is 5.73. The van der Waals surface area contributed by atoms with Gasteiger partial charge in [0.05, 0.1) is 0 Å². The first kappa shape index (κ1) is 12.9. The van der Waals surface area contributed by atoms with Crippen molar-refractivity contribution >= 4 is 28.1 Å². The summed E-state index contributed by atoms with van der Waals surface area (Å²) < 4.78 is 11.4. The molecule has 0 saturated carbocycles. The number of halogens is 1. The second kappa shape index (κ2) is 5.85. The minimum absolute atomic E-state index is 0.633. The first-order chi connectivity index (χ1) is 8.20. The van der Waals surface area contributed by atoms with Crippen molar-refractivity contribution in [3.63, 3.8) is 0 Å². The van der Waals surface area contributed by atoms with Crippen molar-refractivity contribution in [1.29, 1.82) is 0 Å². The molecule has 2 rings (SSSR count). The lowest BCUT2D eigenvalue weighted by Gasteiger charge is -2.30. The average molecular weight is 273 g/mol. The number of hydrogen-bond acceptors (Lipinski definition) is 3. The van der Waals surface area contributed by atoms with Crippen molar-refractivity contribution in [2.75, 3.05) is 36.5 Å². The second-order valence-electron chi connectivity index (χ2n) is 4.14. The van der Waals surface area contributed by atoms with Crippen molar-refractivity contribution in [3.05, 3.63) is 28.8 Å². The largest absolute Gasteiger partial charge is 0.369 e. The molecule has 0 amide bonds. The number of anilines is 1. The van der Waals surface area contributed by atoms with Gasteiger partial charge in [-0.1, -0.05) is 11.6 Å². The van der Waals surface area contributed by atoms with Crippen LogP contribution in [0.5, 0.6) is 0 Å². The van der Waals surface area contributed by atoms with E-state index in [4.69, 9.17) is 11.6 Å². The van der Waals surface area contributed by atoms with Gasteiger partial charge in [0.2, 0.25) is 0 Å². The molecule has 1 aliphatic heterocycles. The van der Waals surface area contributed by atoms with Crippen LogP contribution >= 0.6 is 11.6 Å². The number of rotatable bonds is 3. The summed E-state index contributed by atoms with van der Waals surface area (Å²) in [6.07, 6.45) is 0. The minimum atomic E-state index is -0.633. The van der Waals surface area contributed by atoms with E-state index in [0.717, 1.165) is 36.2 Å². The summed E-state index contributed by atoms with van der Waals surface area (Å²) >= 11 is 6.02. The third kappa shape index (κ3) is 3.21. The highest BCUT2D eigenvalue weighted by atomic mass is 35.5. The summed E-state index contributed by atoms with van der Waals surface area (Å²) in [5, 5.41) is 3.92. The summed E-state index contributed by atoms with van der Waals surface area (Å²) in [4.78, 5) is 2.30. The molecule has 5 heteroatoms. The van der Waals surface area contributed by atoms with Crippen molar-refractivity contribution in [1.82, 2.24) is 5.32 Å². The standard InChI is InChI=1S/C12H17ClN2OS/c1-14-9-10-8-11(13)2-3-12(10)15-4-6-17(16)7-5-15/h2-3,8,14H,4-7,9H2,1H3. The van der Waals surface area contributed by atoms with Gasteiger partial charge in [0.15, 0.2) is 0 Å². The lowest BCUT2D eigenvalue weighted by Crippen LogP contribution is -2.38. The normalized spacial score (nSPS) is 17.4. The fourth-order valence-corrected chi connectivity index (χ4v) is 3.32. The molecule has 0 bridgehead atoms. The summed E-state index contributed by atoms with van der Waals surface area (Å²) in [5.74, 6) is 1.53. The zero-order valence-electron chi connectivity index (χ0n) is 9.91. The smallest absolute Gasteiger partial charge is 0.0413 e. The van der Waals surface area contributed by atoms with Gasteiger partial charge in [-0.15, -0.1) is 0 Å². The van der Waals surface area contributed by atoms with Gasteiger partial charge in [0.25, 0.3) is 0 Å². The van der Waals surface area contributed by atoms with Crippen LogP contribution in [-0.2, 0) is 17.3 Å². The molecule has 1 aliphatic rings. The third-order valence-corrected chi connectivity index (χ3v) is 4.44. The highest BCUT2D eigenvalue weighted by Gasteiger charge is 2.17. The number of benzene rings is 1. The van der Waals surface area contributed by atoms with Crippen LogP contribution in [0.2, 0.25) is 5.02 Å². The number of hydrogen-bond donors (Lipinski definition) is 1. The Balaban J connectivity index is 2.21. The molecule has 1 N–H and O–H groups in total. The fourth-order valence-electron chi connectivity index (χ4n) is 2.07. The van der Waals surface area contributed by atoms with Gasteiger partial charge in [0, 0.05) is 52.6 Å². The Kier molecular flexibility index (Phi) is 4.42. The molecule has 0 atom stereocenters. The quantitative estimate of drug-likeness (QED) is 0.908. The molecular formula is C12H17ClN2OS. The molecule has 0 spiro atoms. The summed E-state index contributed by atoms with van der Waals surface area (Å²) in [6.45, 7) is 2.53. The molecule has 1 aromatic carbocycles. The van der Waals surface area contributed by atoms with E-state index < -0.39 is 10.8 Å². The van der Waals surface area contributed by atoms with E-state index in [9.17, 15) is 4.21 Å². The molecule has 1 fully saturated rings. The molecule has 1 heterocycles. The van der Waals surface area contributed by atoms with Crippen molar-refractivity contribution in [2.45, 2.75) is 6.54 Å². The molecule has 0 unspecified atom stereocenters. The van der Waals surface area contributed by atoms with Crippen LogP contribution in [0, 0.1) is 0 Å². The van der Waals surface area contributed by atoms with Gasteiger partial charge in [-0.25, -0.2) is 0 Å². The Labute approximate surface area is 110 Å². The van der Waals surface area contributed by atoms with Gasteiger partial charge >= 0.3 is 0 Å². The first-order valence-corrected chi connectivity index (χ1v) is 7.60. The van der Waals surface area contributed by atoms with E-state index in [0.29, 0.717) is 0 Å². The predicted octanol–water partition coefficient (Wildman–Crippen LogP) is 1.63. The fraction of sp³-hybridized carbons (Fsp3) is 0.500. The molecule has 3 nitrogen and oxygen atoms in total. The Morgan fingerprint density at radius 3 is 2.76 bits per heavy atom. The summed E-state index contributed by atoms with van der Waals surface area (Å²) in [7, 11) is 1.29. The van der Waals surface area contributed by atoms with Gasteiger partial charge in [-0.3, -0.25) is 4.21 Å². The lowest BCUT2D eigenvalue weighted by molar-refractivity contribution is 0.672. The molecule has 0 aromatic heterocycles. The van der Waals surface area contributed by atoms with Crippen molar-refractivity contribution in [2.24, 2.45) is 0 Å². The average Bonchev–Trinajstić information content (AvgIpc) is 2.31. The van der Waals surface area contributed by atoms with Crippen LogP contribution in [0.1, 0.15) is 5.56 Å². The van der Waals surface area contributed by atoms with Crippen LogP contribution in [0.25, 0.3) is 0 Å². The molecule has 1 saturated heterocycles. The van der Waals surface area contributed by atoms with E-state index in [1.807, 2.05) is 19.2 Å². The monoisotopic (exact) mass is 272 g/mol. The minimum Gasteiger partial charge on any atom is -0.369 e. The van der Waals surface area contributed by atoms with Crippen LogP contribution in [0.4, 0.5) is 5.69 Å². The Morgan fingerprint density at radius 2 is 2.12 bits per heavy atom. The van der Waals surface area contributed by atoms with Crippen LogP contribution < -0.4 is 10.2 Å². The number of nitrogens with zero attached hydrogens (tertiary/aromatic N) is 1. The van der Waals surface area contributed by atoms with Gasteiger partial charge < -0.3 is 10.2 Å². The zero-order valence-corrected chi connectivity index (χ0v) is 11.5. The maximum atomic E-state index is 11.4. The van der Waals surface area contributed by atoms with Gasteiger partial charge in [-0.2, -0.15) is 0 Å². The van der Waals surface area contributed by atoms with Crippen LogP contribution in [-0.4, -0.2) is 35.9 Å². The molecule has 0 aliphatic carbocycles. The van der Waals surface area contributed by atoms with Crippen molar-refractivity contribution < 1.29 is 4.21 Å². The second-order valence-corrected chi connectivity index (χ2v) is 6.27. The number of nitrogens with one attached hydrogen (secondary N) is 1.